The minimum atomic E-state index is -0.201. The smallest absolute Gasteiger partial charge is 0.321 e. The lowest BCUT2D eigenvalue weighted by atomic mass is 10.2. The number of ether oxygens (including phenoxy) is 2. The Bertz CT molecular complexity index is 973. The lowest BCUT2D eigenvalue weighted by molar-refractivity contribution is 0.192. The standard InChI is InChI=1S/C22H29N5O4S/c1-30-17-8-7-14(11-18(17)31-2)12-23-22(29)27-10-9-16-19(13-27)32-21(25-16)26-20(28)24-15-5-3-4-6-15/h7-8,11,15H,3-6,9-10,12-13H2,1-2H3,(H,23,29)(H2,24,25,26,28). The number of urea groups is 2. The minimum Gasteiger partial charge on any atom is -0.493 e. The van der Waals surface area contributed by atoms with E-state index in [1.54, 1.807) is 19.1 Å². The molecule has 2 aliphatic rings. The maximum Gasteiger partial charge on any atom is 0.321 e. The van der Waals surface area contributed by atoms with Gasteiger partial charge >= 0.3 is 12.1 Å². The molecular formula is C22H29N5O4S. The number of carbonyl (C=O) groups is 2. The highest BCUT2D eigenvalue weighted by Gasteiger charge is 2.25. The van der Waals surface area contributed by atoms with Crippen LogP contribution in [0.3, 0.4) is 0 Å². The predicted octanol–water partition coefficient (Wildman–Crippen LogP) is 3.49. The predicted molar refractivity (Wildman–Crippen MR) is 122 cm³/mol. The zero-order chi connectivity index (χ0) is 22.5. The number of rotatable bonds is 6. The van der Waals surface area contributed by atoms with Crippen LogP contribution in [0.4, 0.5) is 14.7 Å². The van der Waals surface area contributed by atoms with E-state index in [1.165, 1.54) is 24.2 Å². The van der Waals surface area contributed by atoms with Crippen molar-refractivity contribution in [3.05, 3.63) is 34.3 Å². The Morgan fingerprint density at radius 1 is 1.19 bits per heavy atom. The zero-order valence-corrected chi connectivity index (χ0v) is 19.2. The SMILES string of the molecule is COc1ccc(CNC(=O)N2CCc3nc(NC(=O)NC4CCCC4)sc3C2)cc1OC. The highest BCUT2D eigenvalue weighted by atomic mass is 32.1. The molecule has 0 atom stereocenters. The third-order valence-corrected chi connectivity index (χ3v) is 6.82. The summed E-state index contributed by atoms with van der Waals surface area (Å²) < 4.78 is 10.6. The molecular weight excluding hydrogens is 430 g/mol. The van der Waals surface area contributed by atoms with Crippen molar-refractivity contribution < 1.29 is 19.1 Å². The summed E-state index contributed by atoms with van der Waals surface area (Å²) >= 11 is 1.43. The van der Waals surface area contributed by atoms with Gasteiger partial charge in [0, 0.05) is 30.4 Å². The van der Waals surface area contributed by atoms with E-state index in [0.29, 0.717) is 42.7 Å². The lowest BCUT2D eigenvalue weighted by Gasteiger charge is -2.26. The molecule has 172 valence electrons. The average Bonchev–Trinajstić information content (AvgIpc) is 3.45. The number of benzene rings is 1. The summed E-state index contributed by atoms with van der Waals surface area (Å²) in [7, 11) is 3.18. The molecule has 1 aromatic carbocycles. The van der Waals surface area contributed by atoms with E-state index in [2.05, 4.69) is 20.9 Å². The second-order valence-electron chi connectivity index (χ2n) is 7.99. The van der Waals surface area contributed by atoms with Crippen LogP contribution >= 0.6 is 11.3 Å². The molecule has 3 N–H and O–H groups in total. The van der Waals surface area contributed by atoms with Gasteiger partial charge in [0.25, 0.3) is 0 Å². The number of anilines is 1. The third kappa shape index (κ3) is 5.24. The van der Waals surface area contributed by atoms with Crippen LogP contribution in [0.1, 0.15) is 41.8 Å². The summed E-state index contributed by atoms with van der Waals surface area (Å²) in [5, 5.41) is 9.40. The molecule has 32 heavy (non-hydrogen) atoms. The Hall–Kier alpha value is -3.01. The quantitative estimate of drug-likeness (QED) is 0.613. The van der Waals surface area contributed by atoms with Gasteiger partial charge in [-0.3, -0.25) is 5.32 Å². The summed E-state index contributed by atoms with van der Waals surface area (Å²) in [5.74, 6) is 1.28. The fourth-order valence-electron chi connectivity index (χ4n) is 4.09. The van der Waals surface area contributed by atoms with Gasteiger partial charge in [0.2, 0.25) is 0 Å². The van der Waals surface area contributed by atoms with E-state index in [9.17, 15) is 9.59 Å². The van der Waals surface area contributed by atoms with Crippen molar-refractivity contribution in [1.29, 1.82) is 0 Å². The van der Waals surface area contributed by atoms with E-state index in [4.69, 9.17) is 9.47 Å². The Labute approximate surface area is 191 Å². The molecule has 0 unspecified atom stereocenters. The molecule has 1 aliphatic heterocycles. The molecule has 0 spiro atoms. The second-order valence-corrected chi connectivity index (χ2v) is 9.07. The fourth-order valence-corrected chi connectivity index (χ4v) is 5.11. The van der Waals surface area contributed by atoms with E-state index in [1.807, 2.05) is 18.2 Å². The molecule has 1 aliphatic carbocycles. The van der Waals surface area contributed by atoms with Gasteiger partial charge in [-0.1, -0.05) is 30.2 Å². The number of hydrogen-bond acceptors (Lipinski definition) is 6. The minimum absolute atomic E-state index is 0.132. The van der Waals surface area contributed by atoms with Crippen LogP contribution < -0.4 is 25.4 Å². The molecule has 0 saturated heterocycles. The van der Waals surface area contributed by atoms with E-state index in [0.717, 1.165) is 29.0 Å². The average molecular weight is 460 g/mol. The van der Waals surface area contributed by atoms with Crippen LogP contribution in [-0.2, 0) is 19.5 Å². The molecule has 4 rings (SSSR count). The van der Waals surface area contributed by atoms with Crippen molar-refractivity contribution in [3.63, 3.8) is 0 Å². The number of amides is 4. The van der Waals surface area contributed by atoms with Crippen LogP contribution in [0, 0.1) is 0 Å². The van der Waals surface area contributed by atoms with Gasteiger partial charge in [-0.2, -0.15) is 0 Å². The molecule has 2 aromatic rings. The molecule has 0 bridgehead atoms. The Kier molecular flexibility index (Phi) is 6.99. The summed E-state index contributed by atoms with van der Waals surface area (Å²) in [4.78, 5) is 32.2. The fraction of sp³-hybridized carbons (Fsp3) is 0.500. The van der Waals surface area contributed by atoms with E-state index < -0.39 is 0 Å². The number of fused-ring (bicyclic) bond motifs is 1. The van der Waals surface area contributed by atoms with Gasteiger partial charge in [0.1, 0.15) is 0 Å². The van der Waals surface area contributed by atoms with Crippen molar-refractivity contribution in [2.45, 2.75) is 51.2 Å². The molecule has 1 saturated carbocycles. The topological polar surface area (TPSA) is 105 Å². The number of nitrogens with one attached hydrogen (secondary N) is 3. The Morgan fingerprint density at radius 2 is 1.97 bits per heavy atom. The molecule has 1 fully saturated rings. The Morgan fingerprint density at radius 3 is 2.72 bits per heavy atom. The first kappa shape index (κ1) is 22.2. The molecule has 2 heterocycles. The number of thiazole rings is 1. The maximum atomic E-state index is 12.7. The van der Waals surface area contributed by atoms with Crippen molar-refractivity contribution >= 4 is 28.5 Å². The lowest BCUT2D eigenvalue weighted by Crippen LogP contribution is -2.42. The molecule has 9 nitrogen and oxygen atoms in total. The van der Waals surface area contributed by atoms with Gasteiger partial charge in [-0.05, 0) is 30.5 Å². The highest BCUT2D eigenvalue weighted by molar-refractivity contribution is 7.15. The number of carbonyl (C=O) groups excluding carboxylic acids is 2. The highest BCUT2D eigenvalue weighted by Crippen LogP contribution is 2.29. The van der Waals surface area contributed by atoms with E-state index >= 15 is 0 Å². The number of methoxy groups -OCH3 is 2. The Balaban J connectivity index is 1.30. The van der Waals surface area contributed by atoms with Crippen molar-refractivity contribution in [2.75, 3.05) is 26.1 Å². The van der Waals surface area contributed by atoms with Gasteiger partial charge in [0.15, 0.2) is 16.6 Å². The molecule has 0 radical (unpaired) electrons. The molecule has 1 aromatic heterocycles. The summed E-state index contributed by atoms with van der Waals surface area (Å²) in [5.41, 5.74) is 1.88. The van der Waals surface area contributed by atoms with Crippen LogP contribution in [0.2, 0.25) is 0 Å². The zero-order valence-electron chi connectivity index (χ0n) is 18.4. The van der Waals surface area contributed by atoms with Gasteiger partial charge < -0.3 is 25.0 Å². The first-order chi connectivity index (χ1) is 15.6. The third-order valence-electron chi connectivity index (χ3n) is 5.82. The first-order valence-electron chi connectivity index (χ1n) is 10.9. The first-order valence-corrected chi connectivity index (χ1v) is 11.7. The van der Waals surface area contributed by atoms with Gasteiger partial charge in [-0.15, -0.1) is 0 Å². The second kappa shape index (κ2) is 10.1. The number of aromatic nitrogens is 1. The van der Waals surface area contributed by atoms with Crippen LogP contribution in [-0.4, -0.2) is 48.8 Å². The van der Waals surface area contributed by atoms with Crippen LogP contribution in [0.25, 0.3) is 0 Å². The van der Waals surface area contributed by atoms with Crippen LogP contribution in [0.5, 0.6) is 11.5 Å². The van der Waals surface area contributed by atoms with Gasteiger partial charge in [0.05, 0.1) is 26.5 Å². The van der Waals surface area contributed by atoms with Crippen molar-refractivity contribution in [3.8, 4) is 11.5 Å². The van der Waals surface area contributed by atoms with Gasteiger partial charge in [-0.25, -0.2) is 14.6 Å². The number of hydrogen-bond donors (Lipinski definition) is 3. The van der Waals surface area contributed by atoms with Crippen LogP contribution in [0.15, 0.2) is 18.2 Å². The normalized spacial score (nSPS) is 15.8. The molecule has 4 amide bonds. The number of nitrogens with zero attached hydrogens (tertiary/aromatic N) is 2. The summed E-state index contributed by atoms with van der Waals surface area (Å²) in [6.45, 7) is 1.46. The monoisotopic (exact) mass is 459 g/mol. The maximum absolute atomic E-state index is 12.7. The van der Waals surface area contributed by atoms with E-state index in [-0.39, 0.29) is 18.1 Å². The molecule has 10 heteroatoms. The van der Waals surface area contributed by atoms with Crippen molar-refractivity contribution in [2.24, 2.45) is 0 Å². The summed E-state index contributed by atoms with van der Waals surface area (Å²) in [6.07, 6.45) is 5.08. The largest absolute Gasteiger partial charge is 0.493 e. The summed E-state index contributed by atoms with van der Waals surface area (Å²) in [6, 6.07) is 5.50. The van der Waals surface area contributed by atoms with Crippen molar-refractivity contribution in [1.82, 2.24) is 20.5 Å².